The molecule has 2 rings (SSSR count). The third kappa shape index (κ3) is 3.31. The highest BCUT2D eigenvalue weighted by molar-refractivity contribution is 7.89. The molecule has 0 radical (unpaired) electrons. The lowest BCUT2D eigenvalue weighted by molar-refractivity contribution is 0.142. The molecule has 1 aliphatic heterocycles. The Morgan fingerprint density at radius 1 is 1.35 bits per heavy atom. The van der Waals surface area contributed by atoms with Crippen molar-refractivity contribution in [3.63, 3.8) is 0 Å². The molecule has 1 atom stereocenters. The maximum atomic E-state index is 12.5. The van der Waals surface area contributed by atoms with Gasteiger partial charge in [-0.1, -0.05) is 18.5 Å². The van der Waals surface area contributed by atoms with Crippen molar-refractivity contribution in [1.82, 2.24) is 14.2 Å². The van der Waals surface area contributed by atoms with Crippen LogP contribution in [0.5, 0.6) is 0 Å². The Hall–Kier alpha value is -0.690. The predicted molar refractivity (Wildman–Crippen MR) is 79.3 cm³/mol. The Balaban J connectivity index is 2.10. The van der Waals surface area contributed by atoms with E-state index in [-0.39, 0.29) is 10.0 Å². The van der Waals surface area contributed by atoms with Crippen LogP contribution in [0.25, 0.3) is 0 Å². The Morgan fingerprint density at radius 2 is 2.00 bits per heavy atom. The summed E-state index contributed by atoms with van der Waals surface area (Å²) in [5.41, 5.74) is 0. The molecule has 1 unspecified atom stereocenters. The van der Waals surface area contributed by atoms with Gasteiger partial charge in [-0.25, -0.2) is 13.4 Å². The number of rotatable bonds is 4. The fourth-order valence-electron chi connectivity index (χ4n) is 2.34. The summed E-state index contributed by atoms with van der Waals surface area (Å²) in [5.74, 6) is 0. The van der Waals surface area contributed by atoms with Crippen molar-refractivity contribution < 1.29 is 8.42 Å². The zero-order valence-electron chi connectivity index (χ0n) is 11.8. The molecular weight excluding hydrogens is 298 g/mol. The van der Waals surface area contributed by atoms with Gasteiger partial charge in [0.15, 0.2) is 0 Å². The average molecular weight is 318 g/mol. The van der Waals surface area contributed by atoms with E-state index in [0.29, 0.717) is 19.1 Å². The Morgan fingerprint density at radius 3 is 2.55 bits per heavy atom. The van der Waals surface area contributed by atoms with Crippen molar-refractivity contribution in [2.75, 3.05) is 26.2 Å². The maximum Gasteiger partial charge on any atom is 0.243 e. The first-order valence-electron chi connectivity index (χ1n) is 6.81. The van der Waals surface area contributed by atoms with E-state index >= 15 is 0 Å². The normalized spacial score (nSPS) is 19.9. The summed E-state index contributed by atoms with van der Waals surface area (Å²) in [6.07, 6.45) is 2.50. The molecule has 0 N–H and O–H groups in total. The van der Waals surface area contributed by atoms with Crippen LogP contribution < -0.4 is 0 Å². The Bertz CT molecular complexity index is 556. The summed E-state index contributed by atoms with van der Waals surface area (Å²) in [6.45, 7) is 6.90. The van der Waals surface area contributed by atoms with Gasteiger partial charge in [0.25, 0.3) is 0 Å². The third-order valence-electron chi connectivity index (χ3n) is 3.82. The van der Waals surface area contributed by atoms with Crippen LogP contribution in [0, 0.1) is 0 Å². The number of piperazine rings is 1. The first kappa shape index (κ1) is 15.7. The average Bonchev–Trinajstić information content (AvgIpc) is 2.46. The molecule has 1 aliphatic rings. The minimum Gasteiger partial charge on any atom is -0.298 e. The highest BCUT2D eigenvalue weighted by Crippen LogP contribution is 2.20. The summed E-state index contributed by atoms with van der Waals surface area (Å²) >= 11 is 5.77. The summed E-state index contributed by atoms with van der Waals surface area (Å²) < 4.78 is 26.5. The van der Waals surface area contributed by atoms with E-state index in [1.807, 2.05) is 0 Å². The van der Waals surface area contributed by atoms with E-state index < -0.39 is 10.0 Å². The second-order valence-corrected chi connectivity index (χ2v) is 7.34. The van der Waals surface area contributed by atoms with Crippen LogP contribution in [0.2, 0.25) is 5.15 Å². The summed E-state index contributed by atoms with van der Waals surface area (Å²) in [7, 11) is -3.46. The molecule has 0 bridgehead atoms. The monoisotopic (exact) mass is 317 g/mol. The lowest BCUT2D eigenvalue weighted by atomic mass is 10.2. The van der Waals surface area contributed by atoms with E-state index in [4.69, 9.17) is 11.6 Å². The molecule has 1 aromatic heterocycles. The van der Waals surface area contributed by atoms with Gasteiger partial charge < -0.3 is 0 Å². The smallest absolute Gasteiger partial charge is 0.243 e. The molecule has 0 amide bonds. The van der Waals surface area contributed by atoms with Gasteiger partial charge in [0.2, 0.25) is 10.0 Å². The van der Waals surface area contributed by atoms with Crippen molar-refractivity contribution in [2.45, 2.75) is 31.2 Å². The zero-order chi connectivity index (χ0) is 14.8. The molecule has 112 valence electrons. The lowest BCUT2D eigenvalue weighted by Crippen LogP contribution is -2.51. The van der Waals surface area contributed by atoms with Crippen molar-refractivity contribution in [3.05, 3.63) is 23.5 Å². The number of sulfonamides is 1. The fourth-order valence-corrected chi connectivity index (χ4v) is 4.01. The quantitative estimate of drug-likeness (QED) is 0.795. The van der Waals surface area contributed by atoms with Gasteiger partial charge in [0, 0.05) is 38.4 Å². The highest BCUT2D eigenvalue weighted by atomic mass is 35.5. The van der Waals surface area contributed by atoms with Crippen LogP contribution >= 0.6 is 11.6 Å². The summed E-state index contributed by atoms with van der Waals surface area (Å²) in [4.78, 5) is 6.36. The number of pyridine rings is 1. The van der Waals surface area contributed by atoms with Crippen LogP contribution in [0.15, 0.2) is 23.2 Å². The molecule has 1 aromatic rings. The van der Waals surface area contributed by atoms with Gasteiger partial charge in [0.05, 0.1) is 4.90 Å². The first-order chi connectivity index (χ1) is 9.45. The zero-order valence-corrected chi connectivity index (χ0v) is 13.4. The van der Waals surface area contributed by atoms with E-state index in [2.05, 4.69) is 23.7 Å². The molecule has 1 saturated heterocycles. The lowest BCUT2D eigenvalue weighted by Gasteiger charge is -2.37. The topological polar surface area (TPSA) is 53.5 Å². The van der Waals surface area contributed by atoms with E-state index in [1.165, 1.54) is 22.6 Å². The molecule has 0 saturated carbocycles. The molecule has 0 aromatic carbocycles. The van der Waals surface area contributed by atoms with Crippen LogP contribution in [0.1, 0.15) is 20.3 Å². The SMILES string of the molecule is CCC(C)N1CCN(S(=O)(=O)c2ccnc(Cl)c2)CC1. The van der Waals surface area contributed by atoms with Gasteiger partial charge in [-0.15, -0.1) is 0 Å². The Kier molecular flexibility index (Phi) is 5.01. The molecule has 20 heavy (non-hydrogen) atoms. The van der Waals surface area contributed by atoms with Crippen molar-refractivity contribution in [2.24, 2.45) is 0 Å². The third-order valence-corrected chi connectivity index (χ3v) is 5.92. The van der Waals surface area contributed by atoms with Crippen LogP contribution in [-0.4, -0.2) is 54.8 Å². The second kappa shape index (κ2) is 6.39. The molecule has 7 heteroatoms. The number of hydrogen-bond acceptors (Lipinski definition) is 4. The van der Waals surface area contributed by atoms with Crippen LogP contribution in [-0.2, 0) is 10.0 Å². The number of nitrogens with zero attached hydrogens (tertiary/aromatic N) is 3. The molecule has 1 fully saturated rings. The summed E-state index contributed by atoms with van der Waals surface area (Å²) in [6, 6.07) is 3.38. The minimum atomic E-state index is -3.46. The highest BCUT2D eigenvalue weighted by Gasteiger charge is 2.29. The molecule has 0 aliphatic carbocycles. The molecule has 5 nitrogen and oxygen atoms in total. The number of halogens is 1. The minimum absolute atomic E-state index is 0.198. The van der Waals surface area contributed by atoms with Crippen molar-refractivity contribution >= 4 is 21.6 Å². The fraction of sp³-hybridized carbons (Fsp3) is 0.615. The Labute approximate surface area is 125 Å². The number of aromatic nitrogens is 1. The van der Waals surface area contributed by atoms with Gasteiger partial charge >= 0.3 is 0 Å². The first-order valence-corrected chi connectivity index (χ1v) is 8.62. The van der Waals surface area contributed by atoms with E-state index in [9.17, 15) is 8.42 Å². The largest absolute Gasteiger partial charge is 0.298 e. The standard InChI is InChI=1S/C13H20ClN3O2S/c1-3-11(2)16-6-8-17(9-7-16)20(18,19)12-4-5-15-13(14)10-12/h4-5,10-11H,3,6-9H2,1-2H3. The second-order valence-electron chi connectivity index (χ2n) is 5.01. The van der Waals surface area contributed by atoms with Crippen molar-refractivity contribution in [1.29, 1.82) is 0 Å². The van der Waals surface area contributed by atoms with Crippen molar-refractivity contribution in [3.8, 4) is 0 Å². The molecule has 2 heterocycles. The van der Waals surface area contributed by atoms with E-state index in [0.717, 1.165) is 19.5 Å². The van der Waals surface area contributed by atoms with Gasteiger partial charge in [0.1, 0.15) is 5.15 Å². The predicted octanol–water partition coefficient (Wildman–Crippen LogP) is 1.84. The summed E-state index contributed by atoms with van der Waals surface area (Å²) in [5, 5.41) is 0.198. The van der Waals surface area contributed by atoms with E-state index in [1.54, 1.807) is 0 Å². The van der Waals surface area contributed by atoms with Gasteiger partial charge in [-0.2, -0.15) is 4.31 Å². The van der Waals surface area contributed by atoms with Gasteiger partial charge in [-0.3, -0.25) is 4.90 Å². The number of hydrogen-bond donors (Lipinski definition) is 0. The van der Waals surface area contributed by atoms with Crippen LogP contribution in [0.3, 0.4) is 0 Å². The van der Waals surface area contributed by atoms with Gasteiger partial charge in [-0.05, 0) is 25.5 Å². The molecule has 0 spiro atoms. The molecular formula is C13H20ClN3O2S. The maximum absolute atomic E-state index is 12.5. The van der Waals surface area contributed by atoms with Crippen LogP contribution in [0.4, 0.5) is 0 Å².